The normalized spacial score (nSPS) is 13.9. The van der Waals surface area contributed by atoms with Gasteiger partial charge in [-0.3, -0.25) is 9.59 Å². The van der Waals surface area contributed by atoms with Crippen LogP contribution in [0.3, 0.4) is 0 Å². The van der Waals surface area contributed by atoms with Crippen LogP contribution in [0.25, 0.3) is 21.7 Å². The Morgan fingerprint density at radius 3 is 2.81 bits per heavy atom. The lowest BCUT2D eigenvalue weighted by Crippen LogP contribution is -2.24. The standard InChI is InChI=1S/C23H20N4O3S/c1-13-11-15(7-8-18(13)27-9-3-6-20(27)28)24-22(29)16-12-17(19-5-4-10-31-19)25-23-21(16)14(2)26-30-23/h4-5,7-8,10-12H,3,6,9H2,1-2H3,(H,24,29). The maximum atomic E-state index is 13.2. The second-order valence-corrected chi connectivity index (χ2v) is 8.53. The van der Waals surface area contributed by atoms with Crippen molar-refractivity contribution in [3.8, 4) is 10.6 Å². The molecule has 0 atom stereocenters. The summed E-state index contributed by atoms with van der Waals surface area (Å²) in [6.45, 7) is 4.47. The summed E-state index contributed by atoms with van der Waals surface area (Å²) in [6.07, 6.45) is 1.46. The van der Waals surface area contributed by atoms with E-state index in [1.54, 1.807) is 29.2 Å². The van der Waals surface area contributed by atoms with Gasteiger partial charge in [-0.25, -0.2) is 4.98 Å². The van der Waals surface area contributed by atoms with E-state index < -0.39 is 0 Å². The van der Waals surface area contributed by atoms with Gasteiger partial charge in [-0.15, -0.1) is 11.3 Å². The first-order chi connectivity index (χ1) is 15.0. The van der Waals surface area contributed by atoms with Gasteiger partial charge in [0.05, 0.1) is 27.2 Å². The zero-order chi connectivity index (χ0) is 21.5. The largest absolute Gasteiger partial charge is 0.335 e. The molecule has 0 spiro atoms. The van der Waals surface area contributed by atoms with Crippen LogP contribution in [-0.4, -0.2) is 28.5 Å². The van der Waals surface area contributed by atoms with Gasteiger partial charge < -0.3 is 14.7 Å². The molecule has 1 N–H and O–H groups in total. The average molecular weight is 433 g/mol. The fourth-order valence-corrected chi connectivity index (χ4v) is 4.65. The molecule has 2 amide bonds. The van der Waals surface area contributed by atoms with Crippen molar-refractivity contribution < 1.29 is 14.1 Å². The number of rotatable bonds is 4. The lowest BCUT2D eigenvalue weighted by molar-refractivity contribution is -0.117. The number of nitrogens with one attached hydrogen (secondary N) is 1. The van der Waals surface area contributed by atoms with E-state index in [-0.39, 0.29) is 11.8 Å². The molecule has 156 valence electrons. The summed E-state index contributed by atoms with van der Waals surface area (Å²) >= 11 is 1.54. The van der Waals surface area contributed by atoms with Crippen LogP contribution in [0.15, 0.2) is 46.3 Å². The van der Waals surface area contributed by atoms with Crippen LogP contribution in [0, 0.1) is 13.8 Å². The van der Waals surface area contributed by atoms with E-state index in [4.69, 9.17) is 4.52 Å². The average Bonchev–Trinajstić information content (AvgIpc) is 3.50. The molecule has 0 unspecified atom stereocenters. The third kappa shape index (κ3) is 3.48. The third-order valence-electron chi connectivity index (χ3n) is 5.45. The Kier molecular flexibility index (Phi) is 4.78. The van der Waals surface area contributed by atoms with Crippen LogP contribution >= 0.6 is 11.3 Å². The van der Waals surface area contributed by atoms with E-state index in [9.17, 15) is 9.59 Å². The molecular weight excluding hydrogens is 412 g/mol. The molecular formula is C23H20N4O3S. The number of carbonyl (C=O) groups is 2. The van der Waals surface area contributed by atoms with Crippen LogP contribution in [-0.2, 0) is 4.79 Å². The lowest BCUT2D eigenvalue weighted by atomic mass is 10.1. The topological polar surface area (TPSA) is 88.3 Å². The van der Waals surface area contributed by atoms with E-state index in [2.05, 4.69) is 15.5 Å². The van der Waals surface area contributed by atoms with E-state index >= 15 is 0 Å². The number of aromatic nitrogens is 2. The Hall–Kier alpha value is -3.52. The minimum atomic E-state index is -0.263. The summed E-state index contributed by atoms with van der Waals surface area (Å²) in [5.74, 6) is -0.121. The number of hydrogen-bond donors (Lipinski definition) is 1. The summed E-state index contributed by atoms with van der Waals surface area (Å²) in [5.41, 5.74) is 4.58. The highest BCUT2D eigenvalue weighted by Crippen LogP contribution is 2.31. The second kappa shape index (κ2) is 7.63. The van der Waals surface area contributed by atoms with E-state index in [1.165, 1.54) is 0 Å². The van der Waals surface area contributed by atoms with Gasteiger partial charge in [-0.2, -0.15) is 0 Å². The smallest absolute Gasteiger partial charge is 0.259 e. The van der Waals surface area contributed by atoms with Gasteiger partial charge in [0.15, 0.2) is 0 Å². The van der Waals surface area contributed by atoms with Gasteiger partial charge in [0.2, 0.25) is 5.91 Å². The van der Waals surface area contributed by atoms with Gasteiger partial charge in [-0.1, -0.05) is 11.2 Å². The number of carbonyl (C=O) groups excluding carboxylic acids is 2. The summed E-state index contributed by atoms with van der Waals surface area (Å²) in [5, 5.41) is 9.53. The molecule has 0 radical (unpaired) electrons. The molecule has 4 heterocycles. The van der Waals surface area contributed by atoms with Crippen molar-refractivity contribution in [2.24, 2.45) is 0 Å². The molecule has 1 aliphatic rings. The maximum absolute atomic E-state index is 13.2. The first-order valence-electron chi connectivity index (χ1n) is 10.0. The van der Waals surface area contributed by atoms with Crippen LogP contribution < -0.4 is 10.2 Å². The molecule has 0 saturated carbocycles. The van der Waals surface area contributed by atoms with Crippen molar-refractivity contribution in [1.29, 1.82) is 0 Å². The minimum Gasteiger partial charge on any atom is -0.335 e. The highest BCUT2D eigenvalue weighted by Gasteiger charge is 2.24. The van der Waals surface area contributed by atoms with E-state index in [0.717, 1.165) is 29.1 Å². The molecule has 3 aromatic heterocycles. The van der Waals surface area contributed by atoms with Gasteiger partial charge >= 0.3 is 0 Å². The first-order valence-corrected chi connectivity index (χ1v) is 10.9. The molecule has 1 aliphatic heterocycles. The van der Waals surface area contributed by atoms with Crippen molar-refractivity contribution in [2.45, 2.75) is 26.7 Å². The van der Waals surface area contributed by atoms with Crippen LogP contribution in [0.5, 0.6) is 0 Å². The van der Waals surface area contributed by atoms with Gasteiger partial charge in [-0.05, 0) is 61.5 Å². The van der Waals surface area contributed by atoms with Crippen molar-refractivity contribution in [3.63, 3.8) is 0 Å². The van der Waals surface area contributed by atoms with E-state index in [1.807, 2.05) is 42.6 Å². The van der Waals surface area contributed by atoms with Crippen LogP contribution in [0.2, 0.25) is 0 Å². The van der Waals surface area contributed by atoms with Crippen LogP contribution in [0.4, 0.5) is 11.4 Å². The molecule has 31 heavy (non-hydrogen) atoms. The number of thiophene rings is 1. The number of amides is 2. The number of pyridine rings is 1. The van der Waals surface area contributed by atoms with Crippen molar-refractivity contribution in [1.82, 2.24) is 10.1 Å². The summed E-state index contributed by atoms with van der Waals surface area (Å²) < 4.78 is 5.36. The first kappa shape index (κ1) is 19.4. The molecule has 5 rings (SSSR count). The SMILES string of the molecule is Cc1cc(NC(=O)c2cc(-c3cccs3)nc3onc(C)c23)ccc1N1CCCC1=O. The number of fused-ring (bicyclic) bond motifs is 1. The Morgan fingerprint density at radius 1 is 1.23 bits per heavy atom. The summed E-state index contributed by atoms with van der Waals surface area (Å²) in [4.78, 5) is 32.6. The summed E-state index contributed by atoms with van der Waals surface area (Å²) in [6, 6.07) is 11.3. The highest BCUT2D eigenvalue weighted by molar-refractivity contribution is 7.13. The Bertz CT molecular complexity index is 1310. The molecule has 0 aliphatic carbocycles. The summed E-state index contributed by atoms with van der Waals surface area (Å²) in [7, 11) is 0. The second-order valence-electron chi connectivity index (χ2n) is 7.58. The molecule has 4 aromatic rings. The molecule has 0 bridgehead atoms. The van der Waals surface area contributed by atoms with Gasteiger partial charge in [0, 0.05) is 24.3 Å². The highest BCUT2D eigenvalue weighted by atomic mass is 32.1. The van der Waals surface area contributed by atoms with Crippen molar-refractivity contribution >= 4 is 45.6 Å². The van der Waals surface area contributed by atoms with Crippen molar-refractivity contribution in [2.75, 3.05) is 16.8 Å². The fraction of sp³-hybridized carbons (Fsp3) is 0.217. The molecule has 1 aromatic carbocycles. The Morgan fingerprint density at radius 2 is 2.10 bits per heavy atom. The number of aryl methyl sites for hydroxylation is 2. The minimum absolute atomic E-state index is 0.142. The molecule has 8 heteroatoms. The zero-order valence-electron chi connectivity index (χ0n) is 17.1. The predicted molar refractivity (Wildman–Crippen MR) is 121 cm³/mol. The van der Waals surface area contributed by atoms with Crippen LogP contribution in [0.1, 0.15) is 34.5 Å². The Balaban J connectivity index is 1.48. The monoisotopic (exact) mass is 432 g/mol. The fourth-order valence-electron chi connectivity index (χ4n) is 3.96. The number of nitrogens with zero attached hydrogens (tertiary/aromatic N) is 3. The molecule has 1 fully saturated rings. The van der Waals surface area contributed by atoms with Gasteiger partial charge in [0.1, 0.15) is 0 Å². The molecule has 7 nitrogen and oxygen atoms in total. The van der Waals surface area contributed by atoms with E-state index in [0.29, 0.717) is 40.2 Å². The molecule has 1 saturated heterocycles. The number of hydrogen-bond acceptors (Lipinski definition) is 6. The quantitative estimate of drug-likeness (QED) is 0.493. The third-order valence-corrected chi connectivity index (χ3v) is 6.35. The van der Waals surface area contributed by atoms with Crippen molar-refractivity contribution in [3.05, 3.63) is 58.6 Å². The number of benzene rings is 1. The maximum Gasteiger partial charge on any atom is 0.259 e. The number of anilines is 2. The van der Waals surface area contributed by atoms with Gasteiger partial charge in [0.25, 0.3) is 11.6 Å². The Labute approximate surface area is 182 Å². The zero-order valence-corrected chi connectivity index (χ0v) is 18.0. The predicted octanol–water partition coefficient (Wildman–Crippen LogP) is 4.95. The lowest BCUT2D eigenvalue weighted by Gasteiger charge is -2.19.